The largest absolute Gasteiger partial charge is 0.503 e. The summed E-state index contributed by atoms with van der Waals surface area (Å²) in [5, 5.41) is 7.13. The molecule has 9 aromatic carbocycles. The van der Waals surface area contributed by atoms with Crippen molar-refractivity contribution in [2.75, 3.05) is 125 Å². The SMILES string of the molecule is CCCNC(=O)C(C(C)C)N1C(=O)c2cc(Oc3ccc(OCC[Si](OC)(OC)OC)cc3)c3c4c(Oc5ccc(OCC[Si](OC)(OC)OC)cc5)cc5c6c(cc(Oc7ccc(OCC[Si](OC)(OC)OC)cc7)c(c7c(Oc8ccc(OCC[Si](OC)(OC)OC)cc8)cc(c2c37)C1=O)c64)C(=O)N(C(C(=O)NCCC)C(C)C)C5=O. The minimum atomic E-state index is -3.07. The van der Waals surface area contributed by atoms with E-state index in [4.69, 9.17) is 91.0 Å². The van der Waals surface area contributed by atoms with Gasteiger partial charge in [0.25, 0.3) is 23.6 Å². The second kappa shape index (κ2) is 39.0. The van der Waals surface area contributed by atoms with Crippen LogP contribution in [0.5, 0.6) is 69.0 Å². The topological polar surface area (TPSA) is 318 Å². The maximum Gasteiger partial charge on any atom is 0.503 e. The van der Waals surface area contributed by atoms with Crippen molar-refractivity contribution >= 4 is 114 Å². The van der Waals surface area contributed by atoms with E-state index >= 15 is 19.2 Å². The zero-order valence-electron chi connectivity index (χ0n) is 69.9. The minimum Gasteiger partial charge on any atom is -0.494 e. The molecule has 34 heteroatoms. The van der Waals surface area contributed by atoms with Crippen molar-refractivity contribution < 1.29 is 120 Å². The monoisotopic (exact) mass is 1700 g/mol. The molecule has 11 rings (SSSR count). The maximum atomic E-state index is 16.4. The van der Waals surface area contributed by atoms with Crippen LogP contribution in [-0.4, -0.2) is 217 Å². The highest BCUT2D eigenvalue weighted by Gasteiger charge is 2.49. The Labute approximate surface area is 690 Å². The van der Waals surface area contributed by atoms with Gasteiger partial charge in [0, 0.05) is 141 Å². The average Bonchev–Trinajstić information content (AvgIpc) is 0.669. The lowest BCUT2D eigenvalue weighted by Crippen LogP contribution is -2.56. The average molecular weight is 1700 g/mol. The van der Waals surface area contributed by atoms with Crippen LogP contribution in [-0.2, 0) is 62.7 Å². The molecular weight excluding hydrogens is 1590 g/mol. The predicted octanol–water partition coefficient (Wildman–Crippen LogP) is 14.2. The number of benzene rings is 9. The van der Waals surface area contributed by atoms with Gasteiger partial charge in [0.2, 0.25) is 11.8 Å². The van der Waals surface area contributed by atoms with Gasteiger partial charge in [-0.05, 0) is 146 Å². The van der Waals surface area contributed by atoms with Crippen molar-refractivity contribution in [3.05, 3.63) is 144 Å². The van der Waals surface area contributed by atoms with Gasteiger partial charge in [-0.15, -0.1) is 0 Å². The minimum absolute atomic E-state index is 0.0236. The normalized spacial score (nSPS) is 13.8. The third-order valence-corrected chi connectivity index (χ3v) is 31.8. The van der Waals surface area contributed by atoms with E-state index in [9.17, 15) is 9.59 Å². The Morgan fingerprint density at radius 2 is 0.500 bits per heavy atom. The molecule has 0 aliphatic carbocycles. The van der Waals surface area contributed by atoms with Crippen LogP contribution >= 0.6 is 0 Å². The van der Waals surface area contributed by atoms with Crippen molar-refractivity contribution in [1.29, 1.82) is 0 Å². The second-order valence-corrected chi connectivity index (χ2v) is 40.8. The number of carbonyl (C=O) groups is 6. The molecule has 2 atom stereocenters. The van der Waals surface area contributed by atoms with E-state index < -0.39 is 94.6 Å². The first kappa shape index (κ1) is 89.1. The molecule has 2 aliphatic heterocycles. The highest BCUT2D eigenvalue weighted by Crippen LogP contribution is 2.58. The van der Waals surface area contributed by atoms with E-state index in [0.717, 1.165) is 9.80 Å². The van der Waals surface area contributed by atoms with Crippen LogP contribution in [0.15, 0.2) is 121 Å². The van der Waals surface area contributed by atoms with Gasteiger partial charge in [-0.2, -0.15) is 0 Å². The summed E-state index contributed by atoms with van der Waals surface area (Å²) in [4.78, 5) is 96.9. The lowest BCUT2D eigenvalue weighted by atomic mass is 9.80. The third-order valence-electron chi connectivity index (χ3n) is 21.1. The summed E-state index contributed by atoms with van der Waals surface area (Å²) in [6, 6.07) is 31.4. The fourth-order valence-electron chi connectivity index (χ4n) is 14.8. The van der Waals surface area contributed by atoms with E-state index in [1.165, 1.54) is 110 Å². The third kappa shape index (κ3) is 18.2. The van der Waals surface area contributed by atoms with Crippen LogP contribution < -0.4 is 48.5 Å². The fourth-order valence-corrected chi connectivity index (χ4v) is 20.7. The van der Waals surface area contributed by atoms with Crippen LogP contribution in [0.3, 0.4) is 0 Å². The molecule has 118 heavy (non-hydrogen) atoms. The van der Waals surface area contributed by atoms with Crippen molar-refractivity contribution in [1.82, 2.24) is 20.4 Å². The molecule has 6 amide bonds. The first-order valence-corrected chi connectivity index (χ1v) is 46.5. The number of fused-ring (bicyclic) bond motifs is 2. The Kier molecular flexibility index (Phi) is 29.4. The van der Waals surface area contributed by atoms with Gasteiger partial charge in [0.05, 0.1) is 72.9 Å². The highest BCUT2D eigenvalue weighted by molar-refractivity contribution is 6.62. The van der Waals surface area contributed by atoms with Crippen molar-refractivity contribution in [3.63, 3.8) is 0 Å². The van der Waals surface area contributed by atoms with Crippen molar-refractivity contribution in [3.8, 4) is 69.0 Å². The van der Waals surface area contributed by atoms with Gasteiger partial charge in [0.15, 0.2) is 0 Å². The summed E-state index contributed by atoms with van der Waals surface area (Å²) >= 11 is 0. The summed E-state index contributed by atoms with van der Waals surface area (Å²) in [7, 11) is 5.88. The molecule has 2 heterocycles. The molecule has 0 saturated heterocycles. The first-order chi connectivity index (χ1) is 56.8. The fraction of sp³-hybridized carbons (Fsp3) is 0.405. The number of ether oxygens (including phenoxy) is 8. The van der Waals surface area contributed by atoms with Crippen molar-refractivity contribution in [2.24, 2.45) is 11.8 Å². The molecule has 632 valence electrons. The Bertz CT molecular complexity index is 4430. The van der Waals surface area contributed by atoms with Crippen molar-refractivity contribution in [2.45, 2.75) is 90.6 Å². The Hall–Kier alpha value is -9.71. The van der Waals surface area contributed by atoms with Crippen LogP contribution in [0.25, 0.3) is 43.1 Å². The molecule has 9 aromatic rings. The maximum absolute atomic E-state index is 16.4. The van der Waals surface area contributed by atoms with Gasteiger partial charge in [-0.3, -0.25) is 38.6 Å². The van der Waals surface area contributed by atoms with Gasteiger partial charge < -0.3 is 102 Å². The molecule has 2 unspecified atom stereocenters. The van der Waals surface area contributed by atoms with Crippen LogP contribution in [0.2, 0.25) is 24.2 Å². The molecule has 2 aliphatic rings. The number of rotatable bonds is 46. The van der Waals surface area contributed by atoms with E-state index in [0.29, 0.717) is 60.0 Å². The Balaban J connectivity index is 1.27. The van der Waals surface area contributed by atoms with Crippen LogP contribution in [0, 0.1) is 11.8 Å². The molecule has 30 nitrogen and oxygen atoms in total. The highest BCUT2D eigenvalue weighted by atomic mass is 28.4. The molecule has 0 fully saturated rings. The molecule has 0 radical (unpaired) electrons. The summed E-state index contributed by atoms with van der Waals surface area (Å²) < 4.78 is 122. The second-order valence-electron chi connectivity index (χ2n) is 28.5. The van der Waals surface area contributed by atoms with Gasteiger partial charge in [-0.1, -0.05) is 41.5 Å². The Morgan fingerprint density at radius 3 is 0.678 bits per heavy atom. The van der Waals surface area contributed by atoms with Gasteiger partial charge >= 0.3 is 35.2 Å². The number of amides is 6. The van der Waals surface area contributed by atoms with E-state index in [1.54, 1.807) is 125 Å². The lowest BCUT2D eigenvalue weighted by molar-refractivity contribution is -0.127. The summed E-state index contributed by atoms with van der Waals surface area (Å²) in [5.74, 6) is -3.30. The van der Waals surface area contributed by atoms with Gasteiger partial charge in [-0.25, -0.2) is 0 Å². The Morgan fingerprint density at radius 1 is 0.305 bits per heavy atom. The number of nitrogens with zero attached hydrogens (tertiary/aromatic N) is 2. The smallest absolute Gasteiger partial charge is 0.494 e. The molecule has 0 aromatic heterocycles. The van der Waals surface area contributed by atoms with E-state index in [-0.39, 0.29) is 151 Å². The number of carbonyl (C=O) groups excluding carboxylic acids is 6. The zero-order valence-corrected chi connectivity index (χ0v) is 73.9. The van der Waals surface area contributed by atoms with E-state index in [2.05, 4.69) is 10.6 Å². The number of hydrogen-bond donors (Lipinski definition) is 2. The van der Waals surface area contributed by atoms with Crippen LogP contribution in [0.4, 0.5) is 0 Å². The molecule has 0 saturated carbocycles. The first-order valence-electron chi connectivity index (χ1n) is 38.8. The summed E-state index contributed by atoms with van der Waals surface area (Å²) in [6.07, 6.45) is 1.10. The summed E-state index contributed by atoms with van der Waals surface area (Å²) in [6.45, 7) is 11.8. The van der Waals surface area contributed by atoms with Crippen LogP contribution in [0.1, 0.15) is 95.8 Å². The number of imide groups is 2. The zero-order chi connectivity index (χ0) is 85.0. The number of hydrogen-bond acceptors (Lipinski definition) is 26. The number of nitrogens with one attached hydrogen (secondary N) is 2. The lowest BCUT2D eigenvalue weighted by Gasteiger charge is -2.37. The molecule has 2 N–H and O–H groups in total. The standard InChI is InChI=1S/C84H104N4O26Si4/c1-19-37-85-79(89)77(51(3)4)87-81(91)61-47-65(111-57-29-21-53(22-30-57)107-39-43-115(95-7,96-8)97-9)71-73-67(113-59-33-25-55(26-34-59)109-41-45-117(101-13,102-14)103-15)49-63-70-64(84(94)88(83(63)93)78(52(5)6)80(90)86-38-20-2)50-68(114-60-35-27-56(28-36-60)110-42-46-118(104-16,105-17)106-18)74(76(70)73)72-66(48-62(82(87)92)69(61)75(71)72)112-58-31-23-54(24-32-58)108-40-44-116(98-10,99-11)100-12/h21-36,47-52,77-78H,19-20,37-46H2,1-18H3,(H,85,89)(H,86,90). The quantitative estimate of drug-likeness (QED) is 0.0155. The van der Waals surface area contributed by atoms with Gasteiger partial charge in [0.1, 0.15) is 81.1 Å². The van der Waals surface area contributed by atoms with E-state index in [1.807, 2.05) is 13.8 Å². The molecule has 0 bridgehead atoms. The predicted molar refractivity (Wildman–Crippen MR) is 447 cm³/mol. The molecular formula is C84H104N4O26Si4. The summed E-state index contributed by atoms with van der Waals surface area (Å²) in [5.41, 5.74) is -0.255. The molecule has 0 spiro atoms.